The minimum atomic E-state index is -0.452. The van der Waals surface area contributed by atoms with Crippen LogP contribution in [0.5, 0.6) is 5.75 Å². The molecule has 2 aromatic carbocycles. The number of Topliss-reactive ketones (excluding diaryl/α,β-unsaturated/α-hetero) is 1. The van der Waals surface area contributed by atoms with Crippen molar-refractivity contribution in [2.75, 3.05) is 6.61 Å². The molecule has 0 fully saturated rings. The summed E-state index contributed by atoms with van der Waals surface area (Å²) in [6.45, 7) is 3.46. The van der Waals surface area contributed by atoms with Gasteiger partial charge in [-0.2, -0.15) is 5.26 Å². The fraction of sp³-hybridized carbons (Fsp3) is 0.176. The number of ketones is 1. The van der Waals surface area contributed by atoms with E-state index in [4.69, 9.17) is 10.00 Å². The molecular formula is C17H14FNO2. The lowest BCUT2D eigenvalue weighted by Crippen LogP contribution is -2.13. The van der Waals surface area contributed by atoms with Gasteiger partial charge in [-0.3, -0.25) is 4.79 Å². The Morgan fingerprint density at radius 1 is 1.24 bits per heavy atom. The second-order valence-electron chi connectivity index (χ2n) is 4.77. The molecule has 3 nitrogen and oxygen atoms in total. The Morgan fingerprint density at radius 2 is 1.90 bits per heavy atom. The third-order valence-electron chi connectivity index (χ3n) is 3.08. The van der Waals surface area contributed by atoms with Gasteiger partial charge in [0.2, 0.25) is 0 Å². The number of hydrogen-bond donors (Lipinski definition) is 0. The molecule has 0 aromatic heterocycles. The summed E-state index contributed by atoms with van der Waals surface area (Å²) in [6.07, 6.45) is 0. The molecule has 0 radical (unpaired) electrons. The molecule has 0 saturated carbocycles. The summed E-state index contributed by atoms with van der Waals surface area (Å²) in [7, 11) is 0. The first kappa shape index (κ1) is 14.7. The Bertz CT molecular complexity index is 709. The molecule has 0 aliphatic carbocycles. The van der Waals surface area contributed by atoms with Crippen molar-refractivity contribution in [3.8, 4) is 11.8 Å². The topological polar surface area (TPSA) is 50.1 Å². The van der Waals surface area contributed by atoms with Crippen LogP contribution < -0.4 is 4.74 Å². The van der Waals surface area contributed by atoms with Gasteiger partial charge < -0.3 is 4.74 Å². The summed E-state index contributed by atoms with van der Waals surface area (Å²) in [5.41, 5.74) is 2.41. The molecule has 0 N–H and O–H groups in total. The molecule has 4 heteroatoms. The number of hydrogen-bond acceptors (Lipinski definition) is 3. The molecule has 2 aromatic rings. The summed E-state index contributed by atoms with van der Waals surface area (Å²) in [5, 5.41) is 8.89. The third kappa shape index (κ3) is 3.46. The van der Waals surface area contributed by atoms with Crippen molar-refractivity contribution in [3.05, 3.63) is 64.5 Å². The Kier molecular flexibility index (Phi) is 4.34. The van der Waals surface area contributed by atoms with Crippen molar-refractivity contribution < 1.29 is 13.9 Å². The van der Waals surface area contributed by atoms with Crippen molar-refractivity contribution in [1.82, 2.24) is 0 Å². The number of nitriles is 1. The SMILES string of the molecule is Cc1cc(C#N)cc(C)c1OCC(=O)c1cccc(F)c1. The monoisotopic (exact) mass is 283 g/mol. The van der Waals surface area contributed by atoms with Crippen molar-refractivity contribution in [3.63, 3.8) is 0 Å². The Morgan fingerprint density at radius 3 is 2.48 bits per heavy atom. The average molecular weight is 283 g/mol. The van der Waals surface area contributed by atoms with Crippen molar-refractivity contribution in [2.45, 2.75) is 13.8 Å². The number of rotatable bonds is 4. The van der Waals surface area contributed by atoms with E-state index < -0.39 is 5.82 Å². The van der Waals surface area contributed by atoms with Crippen LogP contribution in [0.4, 0.5) is 4.39 Å². The van der Waals surface area contributed by atoms with E-state index in [-0.39, 0.29) is 18.0 Å². The van der Waals surface area contributed by atoms with Crippen LogP contribution in [0.1, 0.15) is 27.0 Å². The lowest BCUT2D eigenvalue weighted by Gasteiger charge is -2.12. The summed E-state index contributed by atoms with van der Waals surface area (Å²) in [5.74, 6) is -0.164. The fourth-order valence-electron chi connectivity index (χ4n) is 2.13. The molecule has 0 aliphatic heterocycles. The number of carbonyl (C=O) groups is 1. The van der Waals surface area contributed by atoms with E-state index in [1.165, 1.54) is 18.2 Å². The second kappa shape index (κ2) is 6.19. The maximum atomic E-state index is 13.1. The van der Waals surface area contributed by atoms with Crippen LogP contribution in [0.2, 0.25) is 0 Å². The summed E-state index contributed by atoms with van der Waals surface area (Å²) >= 11 is 0. The van der Waals surface area contributed by atoms with Gasteiger partial charge in [-0.15, -0.1) is 0 Å². The van der Waals surface area contributed by atoms with Gasteiger partial charge in [0.05, 0.1) is 11.6 Å². The van der Waals surface area contributed by atoms with Gasteiger partial charge in [0.1, 0.15) is 11.6 Å². The van der Waals surface area contributed by atoms with Crippen LogP contribution in [0.25, 0.3) is 0 Å². The van der Waals surface area contributed by atoms with Gasteiger partial charge in [0, 0.05) is 5.56 Å². The highest BCUT2D eigenvalue weighted by Crippen LogP contribution is 2.24. The number of nitrogens with zero attached hydrogens (tertiary/aromatic N) is 1. The predicted octanol–water partition coefficient (Wildman–Crippen LogP) is 3.58. The smallest absolute Gasteiger partial charge is 0.200 e. The summed E-state index contributed by atoms with van der Waals surface area (Å²) < 4.78 is 18.6. The second-order valence-corrected chi connectivity index (χ2v) is 4.77. The molecule has 2 rings (SSSR count). The van der Waals surface area contributed by atoms with Gasteiger partial charge >= 0.3 is 0 Å². The Balaban J connectivity index is 2.14. The zero-order valence-electron chi connectivity index (χ0n) is 11.8. The lowest BCUT2D eigenvalue weighted by molar-refractivity contribution is 0.0920. The van der Waals surface area contributed by atoms with E-state index in [1.54, 1.807) is 18.2 Å². The van der Waals surface area contributed by atoms with Crippen molar-refractivity contribution in [2.24, 2.45) is 0 Å². The molecule has 0 bridgehead atoms. The largest absolute Gasteiger partial charge is 0.485 e. The quantitative estimate of drug-likeness (QED) is 0.806. The zero-order valence-corrected chi connectivity index (χ0v) is 11.8. The minimum Gasteiger partial charge on any atom is -0.485 e. The number of ether oxygens (including phenoxy) is 1. The maximum Gasteiger partial charge on any atom is 0.200 e. The highest BCUT2D eigenvalue weighted by molar-refractivity contribution is 5.97. The first-order chi connectivity index (χ1) is 10.0. The molecule has 0 aliphatic rings. The van der Waals surface area contributed by atoms with E-state index in [9.17, 15) is 9.18 Å². The van der Waals surface area contributed by atoms with Crippen LogP contribution >= 0.6 is 0 Å². The zero-order chi connectivity index (χ0) is 15.4. The molecule has 21 heavy (non-hydrogen) atoms. The number of aryl methyl sites for hydroxylation is 2. The maximum absolute atomic E-state index is 13.1. The number of halogens is 1. The molecular weight excluding hydrogens is 269 g/mol. The van der Waals surface area contributed by atoms with Gasteiger partial charge in [0.15, 0.2) is 12.4 Å². The third-order valence-corrected chi connectivity index (χ3v) is 3.08. The predicted molar refractivity (Wildman–Crippen MR) is 76.9 cm³/mol. The van der Waals surface area contributed by atoms with Crippen LogP contribution in [0.3, 0.4) is 0 Å². The summed E-state index contributed by atoms with van der Waals surface area (Å²) in [6, 6.07) is 11.0. The van der Waals surface area contributed by atoms with E-state index in [0.717, 1.165) is 11.1 Å². The number of benzene rings is 2. The highest BCUT2D eigenvalue weighted by Gasteiger charge is 2.11. The van der Waals surface area contributed by atoms with Gasteiger partial charge in [-0.05, 0) is 49.2 Å². The van der Waals surface area contributed by atoms with Crippen LogP contribution in [0.15, 0.2) is 36.4 Å². The lowest BCUT2D eigenvalue weighted by atomic mass is 10.1. The number of carbonyl (C=O) groups excluding carboxylic acids is 1. The molecule has 0 unspecified atom stereocenters. The minimum absolute atomic E-state index is 0.170. The normalized spacial score (nSPS) is 10.0. The van der Waals surface area contributed by atoms with Gasteiger partial charge in [-0.1, -0.05) is 12.1 Å². The van der Waals surface area contributed by atoms with Gasteiger partial charge in [0.25, 0.3) is 0 Å². The Labute approximate surface area is 122 Å². The molecule has 0 spiro atoms. The molecule has 0 atom stereocenters. The fourth-order valence-corrected chi connectivity index (χ4v) is 2.13. The van der Waals surface area contributed by atoms with E-state index in [2.05, 4.69) is 6.07 Å². The molecule has 0 amide bonds. The van der Waals surface area contributed by atoms with E-state index in [1.807, 2.05) is 13.8 Å². The molecule has 0 heterocycles. The molecule has 0 saturated heterocycles. The van der Waals surface area contributed by atoms with Gasteiger partial charge in [-0.25, -0.2) is 4.39 Å². The van der Waals surface area contributed by atoms with Crippen LogP contribution in [-0.4, -0.2) is 12.4 Å². The van der Waals surface area contributed by atoms with E-state index in [0.29, 0.717) is 11.3 Å². The first-order valence-electron chi connectivity index (χ1n) is 6.44. The van der Waals surface area contributed by atoms with Crippen molar-refractivity contribution in [1.29, 1.82) is 5.26 Å². The average Bonchev–Trinajstić information content (AvgIpc) is 2.45. The standard InChI is InChI=1S/C17H14FNO2/c1-11-6-13(9-19)7-12(2)17(11)21-10-16(20)14-4-3-5-15(18)8-14/h3-8H,10H2,1-2H3. The first-order valence-corrected chi connectivity index (χ1v) is 6.44. The van der Waals surface area contributed by atoms with Crippen molar-refractivity contribution >= 4 is 5.78 Å². The van der Waals surface area contributed by atoms with E-state index >= 15 is 0 Å². The highest BCUT2D eigenvalue weighted by atomic mass is 19.1. The van der Waals surface area contributed by atoms with Crippen LogP contribution in [-0.2, 0) is 0 Å². The Hall–Kier alpha value is -2.67. The molecule has 106 valence electrons. The summed E-state index contributed by atoms with van der Waals surface area (Å²) in [4.78, 5) is 12.0. The van der Waals surface area contributed by atoms with Crippen LogP contribution in [0, 0.1) is 31.0 Å².